The van der Waals surface area contributed by atoms with E-state index in [0.717, 1.165) is 43.3 Å². The molecule has 0 spiro atoms. The van der Waals surface area contributed by atoms with Gasteiger partial charge in [-0.2, -0.15) is 0 Å². The van der Waals surface area contributed by atoms with Gasteiger partial charge in [-0.3, -0.25) is 4.90 Å². The molecule has 0 aliphatic carbocycles. The minimum absolute atomic E-state index is 0.184. The fourth-order valence-corrected chi connectivity index (χ4v) is 4.52. The van der Waals surface area contributed by atoms with E-state index in [4.69, 9.17) is 4.42 Å². The second-order valence-electron chi connectivity index (χ2n) is 8.54. The highest BCUT2D eigenvalue weighted by atomic mass is 19.1. The molecule has 1 aliphatic heterocycles. The van der Waals surface area contributed by atoms with Crippen molar-refractivity contribution < 1.29 is 8.81 Å². The van der Waals surface area contributed by atoms with E-state index in [-0.39, 0.29) is 11.9 Å². The monoisotopic (exact) mass is 446 g/mol. The Morgan fingerprint density at radius 3 is 2.52 bits per heavy atom. The Bertz CT molecular complexity index is 1200. The summed E-state index contributed by atoms with van der Waals surface area (Å²) in [6, 6.07) is 16.8. The maximum atomic E-state index is 13.7. The predicted octanol–water partition coefficient (Wildman–Crippen LogP) is 3.98. The van der Waals surface area contributed by atoms with E-state index >= 15 is 0 Å². The molecule has 2 aromatic carbocycles. The summed E-state index contributed by atoms with van der Waals surface area (Å²) in [5.74, 6) is 1.24. The summed E-state index contributed by atoms with van der Waals surface area (Å²) in [6.45, 7) is 8.18. The molecule has 8 heteroatoms. The molecule has 33 heavy (non-hydrogen) atoms. The number of benzene rings is 2. The lowest BCUT2D eigenvalue weighted by atomic mass is 10.0. The van der Waals surface area contributed by atoms with Crippen LogP contribution < -0.4 is 4.90 Å². The number of rotatable bonds is 6. The average molecular weight is 447 g/mol. The van der Waals surface area contributed by atoms with Crippen LogP contribution in [-0.2, 0) is 6.54 Å². The van der Waals surface area contributed by atoms with Crippen LogP contribution in [0.4, 0.5) is 10.1 Å². The molecule has 1 fully saturated rings. The van der Waals surface area contributed by atoms with E-state index in [1.54, 1.807) is 10.9 Å². The lowest BCUT2D eigenvalue weighted by Crippen LogP contribution is -2.48. The molecule has 2 aromatic heterocycles. The minimum atomic E-state index is -0.257. The van der Waals surface area contributed by atoms with Gasteiger partial charge in [0, 0.05) is 31.9 Å². The molecule has 1 aliphatic rings. The van der Waals surface area contributed by atoms with Gasteiger partial charge in [0.25, 0.3) is 0 Å². The first-order chi connectivity index (χ1) is 16.1. The normalized spacial score (nSPS) is 15.7. The molecule has 1 atom stereocenters. The summed E-state index contributed by atoms with van der Waals surface area (Å²) in [4.78, 5) is 4.81. The van der Waals surface area contributed by atoms with Gasteiger partial charge in [0.05, 0.1) is 12.3 Å². The minimum Gasteiger partial charge on any atom is -0.467 e. The Morgan fingerprint density at radius 2 is 1.79 bits per heavy atom. The Labute approximate surface area is 192 Å². The number of aryl methyl sites for hydroxylation is 2. The van der Waals surface area contributed by atoms with E-state index in [2.05, 4.69) is 57.4 Å². The Morgan fingerprint density at radius 1 is 1.00 bits per heavy atom. The number of hydrogen-bond acceptors (Lipinski definition) is 6. The summed E-state index contributed by atoms with van der Waals surface area (Å²) in [6.07, 6.45) is 1.64. The molecule has 0 bridgehead atoms. The highest BCUT2D eigenvalue weighted by molar-refractivity contribution is 5.55. The van der Waals surface area contributed by atoms with Crippen LogP contribution in [0.2, 0.25) is 0 Å². The van der Waals surface area contributed by atoms with Crippen molar-refractivity contribution in [2.75, 3.05) is 31.1 Å². The van der Waals surface area contributed by atoms with Crippen LogP contribution in [0.3, 0.4) is 0 Å². The van der Waals surface area contributed by atoms with Gasteiger partial charge in [-0.25, -0.2) is 9.07 Å². The van der Waals surface area contributed by atoms with Gasteiger partial charge in [-0.1, -0.05) is 24.3 Å². The molecule has 0 unspecified atom stereocenters. The number of hydrogen-bond donors (Lipinski definition) is 0. The number of aromatic nitrogens is 4. The number of piperazine rings is 1. The fraction of sp³-hybridized carbons (Fsp3) is 0.320. The molecule has 0 amide bonds. The van der Waals surface area contributed by atoms with Crippen molar-refractivity contribution in [2.24, 2.45) is 0 Å². The number of anilines is 1. The smallest absolute Gasteiger partial charge is 0.173 e. The third-order valence-corrected chi connectivity index (χ3v) is 6.26. The van der Waals surface area contributed by atoms with Crippen molar-refractivity contribution in [1.82, 2.24) is 25.1 Å². The van der Waals surface area contributed by atoms with Crippen molar-refractivity contribution in [3.8, 4) is 0 Å². The van der Waals surface area contributed by atoms with Crippen LogP contribution in [-0.4, -0.2) is 51.3 Å². The Balaban J connectivity index is 1.43. The first kappa shape index (κ1) is 21.3. The van der Waals surface area contributed by atoms with Gasteiger partial charge in [-0.05, 0) is 71.3 Å². The molecule has 0 radical (unpaired) electrons. The first-order valence-corrected chi connectivity index (χ1v) is 11.2. The summed E-state index contributed by atoms with van der Waals surface area (Å²) >= 11 is 0. The van der Waals surface area contributed by atoms with Gasteiger partial charge < -0.3 is 9.32 Å². The summed E-state index contributed by atoms with van der Waals surface area (Å²) in [7, 11) is 0. The Hall–Kier alpha value is -3.52. The number of tetrazole rings is 1. The summed E-state index contributed by atoms with van der Waals surface area (Å²) in [5.41, 5.74) is 4.80. The zero-order valence-corrected chi connectivity index (χ0v) is 18.9. The van der Waals surface area contributed by atoms with Crippen LogP contribution in [0.5, 0.6) is 0 Å². The molecule has 1 saturated heterocycles. The number of furan rings is 1. The van der Waals surface area contributed by atoms with Crippen molar-refractivity contribution in [2.45, 2.75) is 26.4 Å². The quantitative estimate of drug-likeness (QED) is 0.446. The SMILES string of the molecule is Cc1ccc(C)c(N2CCN([C@@H](c3ccc(F)cc3)c3nnnn3Cc3ccco3)CC2)c1. The van der Waals surface area contributed by atoms with Crippen molar-refractivity contribution in [3.63, 3.8) is 0 Å². The van der Waals surface area contributed by atoms with Crippen LogP contribution in [0.25, 0.3) is 0 Å². The number of nitrogens with zero attached hydrogens (tertiary/aromatic N) is 6. The molecule has 0 saturated carbocycles. The van der Waals surface area contributed by atoms with Crippen LogP contribution >= 0.6 is 0 Å². The van der Waals surface area contributed by atoms with E-state index in [9.17, 15) is 4.39 Å². The molecule has 5 rings (SSSR count). The zero-order valence-electron chi connectivity index (χ0n) is 18.9. The van der Waals surface area contributed by atoms with Gasteiger partial charge in [0.2, 0.25) is 0 Å². The molecule has 0 N–H and O–H groups in total. The van der Waals surface area contributed by atoms with Crippen molar-refractivity contribution in [1.29, 1.82) is 0 Å². The van der Waals surface area contributed by atoms with E-state index in [1.807, 2.05) is 24.3 Å². The maximum absolute atomic E-state index is 13.7. The Kier molecular flexibility index (Phi) is 5.92. The third-order valence-electron chi connectivity index (χ3n) is 6.26. The third kappa shape index (κ3) is 4.52. The fourth-order valence-electron chi connectivity index (χ4n) is 4.52. The highest BCUT2D eigenvalue weighted by Crippen LogP contribution is 2.30. The van der Waals surface area contributed by atoms with Crippen molar-refractivity contribution >= 4 is 5.69 Å². The standard InChI is InChI=1S/C25H27FN6O/c1-18-5-6-19(2)23(16-18)30-11-13-31(14-12-30)24(20-7-9-21(26)10-8-20)25-27-28-29-32(25)17-22-4-3-15-33-22/h3-10,15-16,24H,11-14,17H2,1-2H3/t24-/m0/s1. The van der Waals surface area contributed by atoms with E-state index in [1.165, 1.54) is 28.9 Å². The van der Waals surface area contributed by atoms with E-state index in [0.29, 0.717) is 6.54 Å². The lowest BCUT2D eigenvalue weighted by Gasteiger charge is -2.40. The molecule has 4 aromatic rings. The molecular formula is C25H27FN6O. The van der Waals surface area contributed by atoms with Gasteiger partial charge in [0.1, 0.15) is 18.1 Å². The lowest BCUT2D eigenvalue weighted by molar-refractivity contribution is 0.200. The summed E-state index contributed by atoms with van der Waals surface area (Å²) < 4.78 is 21.0. The summed E-state index contributed by atoms with van der Waals surface area (Å²) in [5, 5.41) is 12.6. The maximum Gasteiger partial charge on any atom is 0.173 e. The van der Waals surface area contributed by atoms with Gasteiger partial charge in [0.15, 0.2) is 5.82 Å². The van der Waals surface area contributed by atoms with Crippen molar-refractivity contribution in [3.05, 3.63) is 95.0 Å². The van der Waals surface area contributed by atoms with E-state index < -0.39 is 0 Å². The zero-order chi connectivity index (χ0) is 22.8. The first-order valence-electron chi connectivity index (χ1n) is 11.2. The van der Waals surface area contributed by atoms with Gasteiger partial charge >= 0.3 is 0 Å². The second kappa shape index (κ2) is 9.15. The van der Waals surface area contributed by atoms with Crippen LogP contribution in [0.15, 0.2) is 65.3 Å². The highest BCUT2D eigenvalue weighted by Gasteiger charge is 2.31. The molecule has 170 valence electrons. The topological polar surface area (TPSA) is 63.2 Å². The molecule has 3 heterocycles. The predicted molar refractivity (Wildman–Crippen MR) is 124 cm³/mol. The average Bonchev–Trinajstić information content (AvgIpc) is 3.50. The van der Waals surface area contributed by atoms with Gasteiger partial charge in [-0.15, -0.1) is 5.10 Å². The molecular weight excluding hydrogens is 419 g/mol. The number of halogens is 1. The van der Waals surface area contributed by atoms with Crippen LogP contribution in [0.1, 0.15) is 34.3 Å². The molecule has 7 nitrogen and oxygen atoms in total. The van der Waals surface area contributed by atoms with Crippen LogP contribution in [0, 0.1) is 19.7 Å². The second-order valence-corrected chi connectivity index (χ2v) is 8.54. The largest absolute Gasteiger partial charge is 0.467 e.